The standard InChI is InChI=1S/C29H32N4O2/c1-17(2)29(35)33-14-21-8-9-22(15-33)27(21)24-16-32(4)28-26(24)18(3)23(13-31-28)11-25(34)20-7-5-6-19(10-20)12-30/h5-7,10,13,16-17,21-22,27H,8-9,11,14-15H2,1-4H3/t21-,22+,27?. The van der Waals surface area contributed by atoms with Crippen molar-refractivity contribution >= 4 is 22.7 Å². The van der Waals surface area contributed by atoms with Crippen molar-refractivity contribution in [2.24, 2.45) is 24.8 Å². The number of fused-ring (bicyclic) bond motifs is 3. The Morgan fingerprint density at radius 2 is 1.91 bits per heavy atom. The molecule has 2 aromatic heterocycles. The van der Waals surface area contributed by atoms with Gasteiger partial charge >= 0.3 is 0 Å². The number of benzene rings is 1. The number of Topliss-reactive ketones (excluding diaryl/α,β-unsaturated/α-hetero) is 1. The molecule has 3 atom stereocenters. The van der Waals surface area contributed by atoms with Crippen LogP contribution in [0.1, 0.15) is 65.2 Å². The molecule has 0 radical (unpaired) electrons. The summed E-state index contributed by atoms with van der Waals surface area (Å²) in [6, 6.07) is 8.99. The highest BCUT2D eigenvalue weighted by Crippen LogP contribution is 2.50. The predicted octanol–water partition coefficient (Wildman–Crippen LogP) is 4.79. The van der Waals surface area contributed by atoms with Crippen molar-refractivity contribution in [1.29, 1.82) is 5.26 Å². The lowest BCUT2D eigenvalue weighted by Crippen LogP contribution is -2.45. The van der Waals surface area contributed by atoms with E-state index in [1.54, 1.807) is 24.3 Å². The second kappa shape index (κ2) is 8.96. The summed E-state index contributed by atoms with van der Waals surface area (Å²) >= 11 is 0. The van der Waals surface area contributed by atoms with Gasteiger partial charge in [0.1, 0.15) is 5.65 Å². The molecule has 1 aliphatic heterocycles. The van der Waals surface area contributed by atoms with E-state index in [-0.39, 0.29) is 24.0 Å². The number of piperidine rings is 1. The minimum atomic E-state index is -0.00981. The molecule has 2 bridgehead atoms. The van der Waals surface area contributed by atoms with E-state index in [2.05, 4.69) is 28.7 Å². The number of amides is 1. The zero-order valence-electron chi connectivity index (χ0n) is 20.9. The predicted molar refractivity (Wildman–Crippen MR) is 135 cm³/mol. The van der Waals surface area contributed by atoms with Crippen molar-refractivity contribution in [3.63, 3.8) is 0 Å². The summed E-state index contributed by atoms with van der Waals surface area (Å²) < 4.78 is 2.10. The Morgan fingerprint density at radius 1 is 1.20 bits per heavy atom. The van der Waals surface area contributed by atoms with Crippen LogP contribution >= 0.6 is 0 Å². The molecule has 35 heavy (non-hydrogen) atoms. The number of nitriles is 1. The highest BCUT2D eigenvalue weighted by Gasteiger charge is 2.45. The molecule has 5 rings (SSSR count). The van der Waals surface area contributed by atoms with Crippen LogP contribution in [0.2, 0.25) is 0 Å². The molecule has 3 heterocycles. The molecule has 1 unspecified atom stereocenters. The lowest BCUT2D eigenvalue weighted by atomic mass is 9.79. The number of hydrogen-bond acceptors (Lipinski definition) is 4. The zero-order valence-corrected chi connectivity index (χ0v) is 20.9. The number of pyridine rings is 1. The quantitative estimate of drug-likeness (QED) is 0.505. The van der Waals surface area contributed by atoms with Gasteiger partial charge < -0.3 is 9.47 Å². The van der Waals surface area contributed by atoms with Crippen LogP contribution in [0.3, 0.4) is 0 Å². The van der Waals surface area contributed by atoms with Crippen LogP contribution in [0.15, 0.2) is 36.7 Å². The number of hydrogen-bond donors (Lipinski definition) is 0. The van der Waals surface area contributed by atoms with E-state index in [0.717, 1.165) is 48.1 Å². The summed E-state index contributed by atoms with van der Waals surface area (Å²) in [5, 5.41) is 10.3. The highest BCUT2D eigenvalue weighted by atomic mass is 16.2. The van der Waals surface area contributed by atoms with E-state index < -0.39 is 0 Å². The summed E-state index contributed by atoms with van der Waals surface area (Å²) in [6.07, 6.45) is 6.60. The van der Waals surface area contributed by atoms with Crippen molar-refractivity contribution in [3.05, 3.63) is 64.5 Å². The largest absolute Gasteiger partial charge is 0.342 e. The average molecular weight is 469 g/mol. The van der Waals surface area contributed by atoms with Crippen LogP contribution in [0.5, 0.6) is 0 Å². The Balaban J connectivity index is 1.48. The normalized spacial score (nSPS) is 21.5. The zero-order chi connectivity index (χ0) is 24.9. The second-order valence-electron chi connectivity index (χ2n) is 10.6. The van der Waals surface area contributed by atoms with E-state index >= 15 is 0 Å². The highest BCUT2D eigenvalue weighted by molar-refractivity contribution is 5.98. The average Bonchev–Trinajstić information content (AvgIpc) is 3.32. The number of rotatable bonds is 5. The SMILES string of the molecule is Cc1c(CC(=O)c2cccc(C#N)c2)cnc2c1c(C1[C@@H]3CC[C@H]1CN(C(=O)C(C)C)C3)cn2C. The van der Waals surface area contributed by atoms with Gasteiger partial charge in [0.25, 0.3) is 0 Å². The minimum absolute atomic E-state index is 0.00981. The Labute approximate surface area is 206 Å². The van der Waals surface area contributed by atoms with Crippen molar-refractivity contribution < 1.29 is 9.59 Å². The second-order valence-corrected chi connectivity index (χ2v) is 10.6. The fraction of sp³-hybridized carbons (Fsp3) is 0.448. The Hall–Kier alpha value is -3.46. The number of likely N-dealkylation sites (tertiary alicyclic amines) is 1. The minimum Gasteiger partial charge on any atom is -0.342 e. The third-order valence-electron chi connectivity index (χ3n) is 8.04. The van der Waals surface area contributed by atoms with Gasteiger partial charge in [0.2, 0.25) is 5.91 Å². The molecule has 6 heteroatoms. The fourth-order valence-corrected chi connectivity index (χ4v) is 6.32. The van der Waals surface area contributed by atoms with Crippen LogP contribution in [-0.2, 0) is 18.3 Å². The molecular weight excluding hydrogens is 436 g/mol. The smallest absolute Gasteiger partial charge is 0.225 e. The monoisotopic (exact) mass is 468 g/mol. The van der Waals surface area contributed by atoms with Gasteiger partial charge in [0.05, 0.1) is 11.6 Å². The first-order valence-corrected chi connectivity index (χ1v) is 12.5. The van der Waals surface area contributed by atoms with Gasteiger partial charge in [-0.3, -0.25) is 9.59 Å². The lowest BCUT2D eigenvalue weighted by molar-refractivity contribution is -0.136. The van der Waals surface area contributed by atoms with Crippen LogP contribution in [0.25, 0.3) is 11.0 Å². The number of carbonyl (C=O) groups excluding carboxylic acids is 2. The molecule has 0 N–H and O–H groups in total. The summed E-state index contributed by atoms with van der Waals surface area (Å²) in [5.41, 5.74) is 5.34. The molecule has 2 aliphatic rings. The number of carbonyl (C=O) groups is 2. The van der Waals surface area contributed by atoms with Gasteiger partial charge in [0, 0.05) is 55.8 Å². The Morgan fingerprint density at radius 3 is 2.57 bits per heavy atom. The van der Waals surface area contributed by atoms with Gasteiger partial charge in [-0.2, -0.15) is 5.26 Å². The molecule has 6 nitrogen and oxygen atoms in total. The molecule has 1 saturated carbocycles. The van der Waals surface area contributed by atoms with Crippen LogP contribution < -0.4 is 0 Å². The van der Waals surface area contributed by atoms with Gasteiger partial charge in [-0.25, -0.2) is 4.98 Å². The Kier molecular flexibility index (Phi) is 5.96. The first-order chi connectivity index (χ1) is 16.8. The molecular formula is C29H32N4O2. The van der Waals surface area contributed by atoms with E-state index in [0.29, 0.717) is 28.9 Å². The van der Waals surface area contributed by atoms with E-state index in [9.17, 15) is 14.9 Å². The van der Waals surface area contributed by atoms with Gasteiger partial charge in [-0.1, -0.05) is 26.0 Å². The summed E-state index contributed by atoms with van der Waals surface area (Å²) in [4.78, 5) is 32.6. The van der Waals surface area contributed by atoms with E-state index in [1.165, 1.54) is 5.56 Å². The van der Waals surface area contributed by atoms with Crippen molar-refractivity contribution in [1.82, 2.24) is 14.5 Å². The topological polar surface area (TPSA) is 79.0 Å². The first kappa shape index (κ1) is 23.3. The number of ketones is 1. The molecule has 0 spiro atoms. The lowest BCUT2D eigenvalue weighted by Gasteiger charge is -2.39. The van der Waals surface area contributed by atoms with Crippen LogP contribution in [0.4, 0.5) is 0 Å². The van der Waals surface area contributed by atoms with Gasteiger partial charge in [-0.15, -0.1) is 0 Å². The molecule has 1 aromatic carbocycles. The van der Waals surface area contributed by atoms with E-state index in [4.69, 9.17) is 4.98 Å². The number of aryl methyl sites for hydroxylation is 2. The molecule has 1 saturated heterocycles. The van der Waals surface area contributed by atoms with E-state index in [1.807, 2.05) is 27.1 Å². The number of aromatic nitrogens is 2. The van der Waals surface area contributed by atoms with Crippen molar-refractivity contribution in [2.45, 2.75) is 46.0 Å². The van der Waals surface area contributed by atoms with Crippen LogP contribution in [0, 0.1) is 36.0 Å². The van der Waals surface area contributed by atoms with Crippen LogP contribution in [-0.4, -0.2) is 39.2 Å². The maximum absolute atomic E-state index is 13.1. The van der Waals surface area contributed by atoms with Crippen molar-refractivity contribution in [3.8, 4) is 6.07 Å². The molecule has 1 amide bonds. The number of nitrogens with zero attached hydrogens (tertiary/aromatic N) is 4. The molecule has 2 fully saturated rings. The van der Waals surface area contributed by atoms with Crippen molar-refractivity contribution in [2.75, 3.05) is 13.1 Å². The maximum Gasteiger partial charge on any atom is 0.225 e. The molecule has 180 valence electrons. The summed E-state index contributed by atoms with van der Waals surface area (Å²) in [5.74, 6) is 1.61. The first-order valence-electron chi connectivity index (χ1n) is 12.5. The molecule has 1 aliphatic carbocycles. The molecule has 3 aromatic rings. The van der Waals surface area contributed by atoms with Gasteiger partial charge in [-0.05, 0) is 66.3 Å². The third kappa shape index (κ3) is 4.03. The third-order valence-corrected chi connectivity index (χ3v) is 8.04. The van der Waals surface area contributed by atoms with Gasteiger partial charge in [0.15, 0.2) is 5.78 Å². The fourth-order valence-electron chi connectivity index (χ4n) is 6.32. The maximum atomic E-state index is 13.1. The summed E-state index contributed by atoms with van der Waals surface area (Å²) in [6.45, 7) is 7.72. The Bertz CT molecular complexity index is 1350. The summed E-state index contributed by atoms with van der Waals surface area (Å²) in [7, 11) is 2.04.